The zero-order valence-electron chi connectivity index (χ0n) is 18.5. The smallest absolute Gasteiger partial charge is 0.255 e. The molecule has 0 bridgehead atoms. The van der Waals surface area contributed by atoms with Crippen LogP contribution in [0.4, 0.5) is 0 Å². The summed E-state index contributed by atoms with van der Waals surface area (Å²) < 4.78 is 18.0. The van der Waals surface area contributed by atoms with Gasteiger partial charge in [-0.3, -0.25) is 4.79 Å². The molecule has 1 aliphatic carbocycles. The van der Waals surface area contributed by atoms with Gasteiger partial charge in [0.05, 0.1) is 27.0 Å². The number of amides is 1. The molecule has 32 heavy (non-hydrogen) atoms. The van der Waals surface area contributed by atoms with Crippen molar-refractivity contribution >= 4 is 17.1 Å². The molecule has 0 radical (unpaired) electrons. The van der Waals surface area contributed by atoms with Gasteiger partial charge in [-0.15, -0.1) is 0 Å². The fourth-order valence-corrected chi connectivity index (χ4v) is 3.56. The van der Waals surface area contributed by atoms with Gasteiger partial charge >= 0.3 is 0 Å². The van der Waals surface area contributed by atoms with Crippen molar-refractivity contribution in [3.8, 4) is 17.2 Å². The first-order chi connectivity index (χ1) is 15.5. The van der Waals surface area contributed by atoms with E-state index in [1.165, 1.54) is 26.9 Å². The number of methoxy groups -OCH3 is 3. The number of aromatic nitrogens is 2. The number of carbonyl (C=O) groups is 1. The molecule has 7 heteroatoms. The Hall–Kier alpha value is -4.00. The molecule has 0 saturated carbocycles. The van der Waals surface area contributed by atoms with E-state index >= 15 is 0 Å². The normalized spacial score (nSPS) is 13.2. The molecule has 4 rings (SSSR count). The predicted octanol–water partition coefficient (Wildman–Crippen LogP) is 4.33. The van der Waals surface area contributed by atoms with Gasteiger partial charge in [0.1, 0.15) is 5.65 Å². The number of carbonyl (C=O) groups excluding carboxylic acids is 1. The van der Waals surface area contributed by atoms with Crippen molar-refractivity contribution in [1.29, 1.82) is 0 Å². The maximum absolute atomic E-state index is 12.9. The number of hydrogen-bond acceptors (Lipinski definition) is 5. The maximum atomic E-state index is 12.9. The highest BCUT2D eigenvalue weighted by atomic mass is 16.5. The quantitative estimate of drug-likeness (QED) is 0.629. The lowest BCUT2D eigenvalue weighted by atomic mass is 10.1. The van der Waals surface area contributed by atoms with E-state index in [1.807, 2.05) is 54.1 Å². The highest BCUT2D eigenvalue weighted by Gasteiger charge is 2.18. The number of allylic oxidation sites excluding steroid dienone is 5. The van der Waals surface area contributed by atoms with E-state index < -0.39 is 0 Å². The zero-order chi connectivity index (χ0) is 22.7. The molecule has 0 unspecified atom stereocenters. The lowest BCUT2D eigenvalue weighted by Crippen LogP contribution is -2.22. The summed E-state index contributed by atoms with van der Waals surface area (Å²) in [6, 6.07) is 7.35. The van der Waals surface area contributed by atoms with Crippen LogP contribution in [-0.4, -0.2) is 36.6 Å². The number of benzene rings is 1. The van der Waals surface area contributed by atoms with Gasteiger partial charge in [-0.25, -0.2) is 4.98 Å². The molecule has 0 aliphatic heterocycles. The van der Waals surface area contributed by atoms with Gasteiger partial charge in [0, 0.05) is 30.1 Å². The van der Waals surface area contributed by atoms with Crippen LogP contribution in [0, 0.1) is 6.92 Å². The average molecular weight is 431 g/mol. The first-order valence-electron chi connectivity index (χ1n) is 10.2. The van der Waals surface area contributed by atoms with E-state index in [-0.39, 0.29) is 5.91 Å². The summed E-state index contributed by atoms with van der Waals surface area (Å²) in [5.41, 5.74) is 5.14. The van der Waals surface area contributed by atoms with Gasteiger partial charge in [-0.05, 0) is 48.4 Å². The molecule has 1 N–H and O–H groups in total. The number of pyridine rings is 1. The van der Waals surface area contributed by atoms with Crippen LogP contribution < -0.4 is 19.5 Å². The fraction of sp³-hybridized carbons (Fsp3) is 0.200. The number of imidazole rings is 1. The summed E-state index contributed by atoms with van der Waals surface area (Å²) >= 11 is 0. The second kappa shape index (κ2) is 9.01. The first-order valence-corrected chi connectivity index (χ1v) is 10.2. The Labute approximate surface area is 186 Å². The van der Waals surface area contributed by atoms with E-state index in [4.69, 9.17) is 19.2 Å². The average Bonchev–Trinajstić information content (AvgIpc) is 3.08. The summed E-state index contributed by atoms with van der Waals surface area (Å²) in [4.78, 5) is 17.6. The number of hydrogen-bond donors (Lipinski definition) is 1. The fourth-order valence-electron chi connectivity index (χ4n) is 3.56. The topological polar surface area (TPSA) is 74.1 Å². The molecule has 2 heterocycles. The van der Waals surface area contributed by atoms with Crippen LogP contribution in [0.2, 0.25) is 0 Å². The van der Waals surface area contributed by atoms with Crippen molar-refractivity contribution in [3.05, 3.63) is 83.5 Å². The number of rotatable bonds is 6. The van der Waals surface area contributed by atoms with Gasteiger partial charge in [0.15, 0.2) is 11.5 Å². The van der Waals surface area contributed by atoms with Gasteiger partial charge in [0.2, 0.25) is 5.75 Å². The minimum Gasteiger partial charge on any atom is -0.493 e. The van der Waals surface area contributed by atoms with Crippen molar-refractivity contribution in [1.82, 2.24) is 14.7 Å². The summed E-state index contributed by atoms with van der Waals surface area (Å²) in [5, 5.41) is 2.97. The minimum absolute atomic E-state index is 0.260. The Morgan fingerprint density at radius 1 is 1.09 bits per heavy atom. The molecular formula is C25H25N3O4. The van der Waals surface area contributed by atoms with Crippen LogP contribution in [0.25, 0.3) is 11.2 Å². The number of aryl methyl sites for hydroxylation is 1. The molecule has 3 aromatic rings. The summed E-state index contributed by atoms with van der Waals surface area (Å²) in [5.74, 6) is 1.04. The highest BCUT2D eigenvalue weighted by Crippen LogP contribution is 2.38. The third-order valence-corrected chi connectivity index (χ3v) is 5.23. The second-order valence-corrected chi connectivity index (χ2v) is 7.38. The van der Waals surface area contributed by atoms with Crippen molar-refractivity contribution < 1.29 is 19.0 Å². The van der Waals surface area contributed by atoms with Crippen LogP contribution in [0.3, 0.4) is 0 Å². The minimum atomic E-state index is -0.260. The van der Waals surface area contributed by atoms with Crippen LogP contribution >= 0.6 is 0 Å². The van der Waals surface area contributed by atoms with Crippen LogP contribution in [0.15, 0.2) is 66.7 Å². The van der Waals surface area contributed by atoms with Crippen LogP contribution in [-0.2, 0) is 0 Å². The predicted molar refractivity (Wildman–Crippen MR) is 123 cm³/mol. The Bertz CT molecular complexity index is 1240. The summed E-state index contributed by atoms with van der Waals surface area (Å²) in [6.45, 7) is 2.05. The second-order valence-electron chi connectivity index (χ2n) is 7.38. The van der Waals surface area contributed by atoms with Gasteiger partial charge in [-0.1, -0.05) is 18.2 Å². The lowest BCUT2D eigenvalue weighted by molar-refractivity contribution is 0.0964. The van der Waals surface area contributed by atoms with E-state index in [2.05, 4.69) is 11.4 Å². The number of fused-ring (bicyclic) bond motifs is 1. The van der Waals surface area contributed by atoms with Gasteiger partial charge in [0.25, 0.3) is 5.91 Å². The molecule has 0 atom stereocenters. The van der Waals surface area contributed by atoms with Crippen LogP contribution in [0.1, 0.15) is 28.0 Å². The van der Waals surface area contributed by atoms with Crippen molar-refractivity contribution in [2.75, 3.05) is 21.3 Å². The molecule has 2 aromatic heterocycles. The molecular weight excluding hydrogens is 406 g/mol. The number of ether oxygens (including phenoxy) is 3. The van der Waals surface area contributed by atoms with E-state index in [1.54, 1.807) is 12.1 Å². The van der Waals surface area contributed by atoms with E-state index in [0.717, 1.165) is 22.6 Å². The van der Waals surface area contributed by atoms with Gasteiger partial charge in [-0.2, -0.15) is 0 Å². The lowest BCUT2D eigenvalue weighted by Gasteiger charge is -2.14. The molecule has 1 aliphatic rings. The van der Waals surface area contributed by atoms with Crippen molar-refractivity contribution in [2.45, 2.75) is 13.3 Å². The largest absolute Gasteiger partial charge is 0.493 e. The summed E-state index contributed by atoms with van der Waals surface area (Å²) in [7, 11) is 4.56. The molecule has 1 aromatic carbocycles. The maximum Gasteiger partial charge on any atom is 0.255 e. The molecule has 164 valence electrons. The first kappa shape index (κ1) is 21.2. The third-order valence-electron chi connectivity index (χ3n) is 5.23. The third kappa shape index (κ3) is 4.23. The molecule has 0 spiro atoms. The number of nitrogens with zero attached hydrogens (tertiary/aromatic N) is 2. The zero-order valence-corrected chi connectivity index (χ0v) is 18.5. The Morgan fingerprint density at radius 3 is 2.53 bits per heavy atom. The standard InChI is InChI=1S/C25H25N3O4/c1-16-10-11-28-15-20(27-23(28)12-16)17-6-5-7-19(9-8-17)26-25(29)18-13-21(30-2)24(32-4)22(14-18)31-3/h5-8,10-15H,9H2,1-4H3,(H,26,29). The monoisotopic (exact) mass is 431 g/mol. The number of nitrogens with one attached hydrogen (secondary N) is 1. The Balaban J connectivity index is 1.52. The Morgan fingerprint density at radius 2 is 1.84 bits per heavy atom. The highest BCUT2D eigenvalue weighted by molar-refractivity contribution is 5.96. The Kier molecular flexibility index (Phi) is 5.98. The van der Waals surface area contributed by atoms with Crippen molar-refractivity contribution in [3.63, 3.8) is 0 Å². The van der Waals surface area contributed by atoms with Crippen molar-refractivity contribution in [2.24, 2.45) is 0 Å². The molecule has 0 saturated heterocycles. The SMILES string of the molecule is COc1cc(C(=O)NC2=CC=CC(c3cn4ccc(C)cc4n3)=CC2)cc(OC)c1OC. The summed E-state index contributed by atoms with van der Waals surface area (Å²) in [6.07, 6.45) is 12.4. The molecule has 0 fully saturated rings. The molecule has 7 nitrogen and oxygen atoms in total. The molecule has 1 amide bonds. The van der Waals surface area contributed by atoms with Gasteiger partial charge < -0.3 is 23.9 Å². The van der Waals surface area contributed by atoms with E-state index in [0.29, 0.717) is 29.2 Å². The van der Waals surface area contributed by atoms with E-state index in [9.17, 15) is 4.79 Å². The van der Waals surface area contributed by atoms with Crippen LogP contribution in [0.5, 0.6) is 17.2 Å².